The topological polar surface area (TPSA) is 93.1 Å². The molecule has 2 heterocycles. The zero-order chi connectivity index (χ0) is 20.4. The fraction of sp³-hybridized carbons (Fsp3) is 0.143. The molecule has 0 fully saturated rings. The molecule has 146 valence electrons. The maximum Gasteiger partial charge on any atom is 0.269 e. The van der Waals surface area contributed by atoms with Crippen molar-refractivity contribution in [1.29, 1.82) is 0 Å². The van der Waals surface area contributed by atoms with Crippen LogP contribution >= 0.6 is 11.6 Å². The maximum absolute atomic E-state index is 12.5. The molecular weight excluding hydrogens is 392 g/mol. The largest absolute Gasteiger partial charge is 0.296 e. The predicted molar refractivity (Wildman–Crippen MR) is 110 cm³/mol. The number of nitrogens with zero attached hydrogens (tertiary/aromatic N) is 2. The Kier molecular flexibility index (Phi) is 5.14. The van der Waals surface area contributed by atoms with Crippen molar-refractivity contribution >= 4 is 40.4 Å². The third-order valence-corrected chi connectivity index (χ3v) is 4.89. The number of carbonyl (C=O) groups is 2. The number of nitrogens with one attached hydrogen (secondary N) is 2. The standard InChI is InChI=1S/C21H17ClN4O3/c22-15-4-1-3-13(11-15)6-9-19(27)24-25-20(28)14-7-8-16-17(12-14)23-18-5-2-10-26(18)21(16)29/h1,3-4,6-9,11-12H,2,5,10H2,(H,24,27)(H,25,28)/b9-6+. The molecule has 0 saturated heterocycles. The molecule has 3 aromatic rings. The van der Waals surface area contributed by atoms with Crippen molar-refractivity contribution in [2.75, 3.05) is 0 Å². The first-order chi connectivity index (χ1) is 14.0. The second kappa shape index (κ2) is 7.89. The lowest BCUT2D eigenvalue weighted by Crippen LogP contribution is -2.40. The molecule has 0 unspecified atom stereocenters. The average Bonchev–Trinajstić information content (AvgIpc) is 3.19. The molecule has 4 rings (SSSR count). The molecule has 0 radical (unpaired) electrons. The second-order valence-electron chi connectivity index (χ2n) is 6.65. The van der Waals surface area contributed by atoms with Gasteiger partial charge in [-0.15, -0.1) is 0 Å². The van der Waals surface area contributed by atoms with Crippen LogP contribution in [0.2, 0.25) is 5.02 Å². The fourth-order valence-electron chi connectivity index (χ4n) is 3.24. The van der Waals surface area contributed by atoms with Crippen molar-refractivity contribution in [3.63, 3.8) is 0 Å². The molecule has 7 nitrogen and oxygen atoms in total. The summed E-state index contributed by atoms with van der Waals surface area (Å²) >= 11 is 5.90. The Hall–Kier alpha value is -3.45. The fourth-order valence-corrected chi connectivity index (χ4v) is 3.44. The minimum absolute atomic E-state index is 0.0890. The van der Waals surface area contributed by atoms with E-state index in [0.29, 0.717) is 28.0 Å². The zero-order valence-electron chi connectivity index (χ0n) is 15.3. The van der Waals surface area contributed by atoms with Gasteiger partial charge in [-0.05, 0) is 48.4 Å². The van der Waals surface area contributed by atoms with Crippen molar-refractivity contribution in [2.24, 2.45) is 0 Å². The van der Waals surface area contributed by atoms with E-state index in [4.69, 9.17) is 11.6 Å². The molecular formula is C21H17ClN4O3. The summed E-state index contributed by atoms with van der Waals surface area (Å²) in [5.74, 6) is -0.258. The number of rotatable bonds is 3. The summed E-state index contributed by atoms with van der Waals surface area (Å²) in [6.07, 6.45) is 4.51. The summed E-state index contributed by atoms with van der Waals surface area (Å²) in [5, 5.41) is 1.04. The minimum Gasteiger partial charge on any atom is -0.296 e. The van der Waals surface area contributed by atoms with Crippen LogP contribution in [0.3, 0.4) is 0 Å². The molecule has 29 heavy (non-hydrogen) atoms. The number of aromatic nitrogens is 2. The number of carbonyl (C=O) groups excluding carboxylic acids is 2. The molecule has 2 aromatic carbocycles. The predicted octanol–water partition coefficient (Wildman–Crippen LogP) is 2.47. The Morgan fingerprint density at radius 3 is 2.83 bits per heavy atom. The van der Waals surface area contributed by atoms with Crippen molar-refractivity contribution in [2.45, 2.75) is 19.4 Å². The highest BCUT2D eigenvalue weighted by Crippen LogP contribution is 2.16. The van der Waals surface area contributed by atoms with Gasteiger partial charge >= 0.3 is 0 Å². The third-order valence-electron chi connectivity index (χ3n) is 4.65. The van der Waals surface area contributed by atoms with Crippen LogP contribution in [0.5, 0.6) is 0 Å². The van der Waals surface area contributed by atoms with Crippen LogP contribution in [0.4, 0.5) is 0 Å². The van der Waals surface area contributed by atoms with Gasteiger partial charge in [0.15, 0.2) is 0 Å². The Morgan fingerprint density at radius 1 is 1.14 bits per heavy atom. The van der Waals surface area contributed by atoms with E-state index >= 15 is 0 Å². The van der Waals surface area contributed by atoms with E-state index in [2.05, 4.69) is 15.8 Å². The van der Waals surface area contributed by atoms with E-state index in [1.54, 1.807) is 47.0 Å². The molecule has 0 saturated carbocycles. The van der Waals surface area contributed by atoms with Crippen LogP contribution in [0.15, 0.2) is 53.3 Å². The number of hydrazine groups is 1. The van der Waals surface area contributed by atoms with E-state index in [1.165, 1.54) is 12.1 Å². The smallest absolute Gasteiger partial charge is 0.269 e. The number of aryl methyl sites for hydroxylation is 1. The normalized spacial score (nSPS) is 12.9. The van der Waals surface area contributed by atoms with Crippen molar-refractivity contribution in [3.05, 3.63) is 80.9 Å². The lowest BCUT2D eigenvalue weighted by molar-refractivity contribution is -0.117. The molecule has 1 aromatic heterocycles. The SMILES string of the molecule is O=C(/C=C/c1cccc(Cl)c1)NNC(=O)c1ccc2c(=O)n3c(nc2c1)CCC3. The van der Waals surface area contributed by atoms with E-state index in [1.807, 2.05) is 0 Å². The van der Waals surface area contributed by atoms with Crippen molar-refractivity contribution in [3.8, 4) is 0 Å². The van der Waals surface area contributed by atoms with Gasteiger partial charge in [0.2, 0.25) is 0 Å². The summed E-state index contributed by atoms with van der Waals surface area (Å²) < 4.78 is 1.68. The first-order valence-corrected chi connectivity index (χ1v) is 9.46. The molecule has 0 atom stereocenters. The van der Waals surface area contributed by atoms with E-state index in [9.17, 15) is 14.4 Å². The number of hydrogen-bond donors (Lipinski definition) is 2. The maximum atomic E-state index is 12.5. The molecule has 2 amide bonds. The lowest BCUT2D eigenvalue weighted by atomic mass is 10.1. The van der Waals surface area contributed by atoms with Gasteiger partial charge in [-0.1, -0.05) is 23.7 Å². The van der Waals surface area contributed by atoms with Gasteiger partial charge in [0, 0.05) is 29.6 Å². The van der Waals surface area contributed by atoms with Crippen molar-refractivity contribution < 1.29 is 9.59 Å². The Balaban J connectivity index is 1.44. The van der Waals surface area contributed by atoms with Crippen LogP contribution in [0.25, 0.3) is 17.0 Å². The summed E-state index contributed by atoms with van der Waals surface area (Å²) in [6.45, 7) is 0.675. The first kappa shape index (κ1) is 18.9. The summed E-state index contributed by atoms with van der Waals surface area (Å²) in [6, 6.07) is 11.7. The minimum atomic E-state index is -0.501. The summed E-state index contributed by atoms with van der Waals surface area (Å²) in [4.78, 5) is 41.2. The first-order valence-electron chi connectivity index (χ1n) is 9.09. The van der Waals surface area contributed by atoms with Gasteiger partial charge in [0.05, 0.1) is 10.9 Å². The van der Waals surface area contributed by atoms with Crippen molar-refractivity contribution in [1.82, 2.24) is 20.4 Å². The van der Waals surface area contributed by atoms with Crippen LogP contribution < -0.4 is 16.4 Å². The van der Waals surface area contributed by atoms with E-state index < -0.39 is 11.8 Å². The number of benzene rings is 2. The van der Waals surface area contributed by atoms with Gasteiger partial charge in [0.1, 0.15) is 5.82 Å². The highest BCUT2D eigenvalue weighted by atomic mass is 35.5. The molecule has 0 bridgehead atoms. The molecule has 1 aliphatic rings. The highest BCUT2D eigenvalue weighted by molar-refractivity contribution is 6.30. The van der Waals surface area contributed by atoms with Gasteiger partial charge in [-0.3, -0.25) is 29.8 Å². The second-order valence-corrected chi connectivity index (χ2v) is 7.09. The zero-order valence-corrected chi connectivity index (χ0v) is 16.1. The van der Waals surface area contributed by atoms with Crippen LogP contribution in [-0.4, -0.2) is 21.4 Å². The Labute approximate surface area is 171 Å². The van der Waals surface area contributed by atoms with Gasteiger partial charge < -0.3 is 0 Å². The van der Waals surface area contributed by atoms with Crippen LogP contribution in [-0.2, 0) is 17.8 Å². The summed E-state index contributed by atoms with van der Waals surface area (Å²) in [5.41, 5.74) is 6.12. The monoisotopic (exact) mass is 408 g/mol. The van der Waals surface area contributed by atoms with Gasteiger partial charge in [-0.2, -0.15) is 0 Å². The average molecular weight is 409 g/mol. The third kappa shape index (κ3) is 4.05. The Morgan fingerprint density at radius 2 is 2.00 bits per heavy atom. The quantitative estimate of drug-likeness (QED) is 0.514. The summed E-state index contributed by atoms with van der Waals surface area (Å²) in [7, 11) is 0. The van der Waals surface area contributed by atoms with Gasteiger partial charge in [0.25, 0.3) is 17.4 Å². The molecule has 0 spiro atoms. The van der Waals surface area contributed by atoms with E-state index in [-0.39, 0.29) is 5.56 Å². The highest BCUT2D eigenvalue weighted by Gasteiger charge is 2.17. The van der Waals surface area contributed by atoms with E-state index in [0.717, 1.165) is 24.2 Å². The number of amides is 2. The van der Waals surface area contributed by atoms with Gasteiger partial charge in [-0.25, -0.2) is 4.98 Å². The Bertz CT molecular complexity index is 1220. The van der Waals surface area contributed by atoms with Crippen LogP contribution in [0.1, 0.15) is 28.2 Å². The molecule has 1 aliphatic heterocycles. The molecule has 2 N–H and O–H groups in total. The molecule has 8 heteroatoms. The number of halogens is 1. The number of fused-ring (bicyclic) bond motifs is 2. The van der Waals surface area contributed by atoms with Crippen LogP contribution in [0, 0.1) is 0 Å². The molecule has 0 aliphatic carbocycles. The number of hydrogen-bond acceptors (Lipinski definition) is 4. The lowest BCUT2D eigenvalue weighted by Gasteiger charge is -2.08.